The van der Waals surface area contributed by atoms with Crippen molar-refractivity contribution in [3.05, 3.63) is 54.1 Å². The van der Waals surface area contributed by atoms with Crippen molar-refractivity contribution in [2.45, 2.75) is 11.8 Å². The van der Waals surface area contributed by atoms with E-state index >= 15 is 0 Å². The van der Waals surface area contributed by atoms with Crippen molar-refractivity contribution in [2.24, 2.45) is 5.14 Å². The van der Waals surface area contributed by atoms with Crippen LogP contribution in [-0.4, -0.2) is 44.9 Å². The number of benzene rings is 2. The molecular formula is C18H20N4O4S. The molecule has 0 atom stereocenters. The summed E-state index contributed by atoms with van der Waals surface area (Å²) in [5.74, 6) is -0.363. The van der Waals surface area contributed by atoms with E-state index in [1.54, 1.807) is 4.90 Å². The van der Waals surface area contributed by atoms with Crippen molar-refractivity contribution < 1.29 is 18.0 Å². The van der Waals surface area contributed by atoms with Crippen LogP contribution in [0.1, 0.15) is 5.56 Å². The van der Waals surface area contributed by atoms with Crippen LogP contribution in [-0.2, 0) is 14.8 Å². The van der Waals surface area contributed by atoms with E-state index in [0.717, 1.165) is 11.3 Å². The number of carbonyl (C=O) groups excluding carboxylic acids is 2. The number of nitrogens with one attached hydrogen (secondary N) is 1. The van der Waals surface area contributed by atoms with Gasteiger partial charge in [0, 0.05) is 24.5 Å². The maximum absolute atomic E-state index is 12.5. The fraction of sp³-hybridized carbons (Fsp3) is 0.222. The van der Waals surface area contributed by atoms with E-state index in [0.29, 0.717) is 18.8 Å². The van der Waals surface area contributed by atoms with Crippen LogP contribution in [0.3, 0.4) is 0 Å². The molecule has 0 saturated carbocycles. The van der Waals surface area contributed by atoms with Gasteiger partial charge in [-0.2, -0.15) is 0 Å². The van der Waals surface area contributed by atoms with Crippen LogP contribution >= 0.6 is 0 Å². The Hall–Kier alpha value is -2.91. The van der Waals surface area contributed by atoms with Crippen molar-refractivity contribution in [3.63, 3.8) is 0 Å². The number of nitrogens with zero attached hydrogens (tertiary/aromatic N) is 2. The molecule has 0 bridgehead atoms. The Kier molecular flexibility index (Phi) is 5.15. The molecule has 0 aromatic heterocycles. The highest BCUT2D eigenvalue weighted by molar-refractivity contribution is 7.89. The third kappa shape index (κ3) is 4.44. The molecule has 1 fully saturated rings. The Morgan fingerprint density at radius 3 is 2.30 bits per heavy atom. The Balaban J connectivity index is 1.60. The van der Waals surface area contributed by atoms with Gasteiger partial charge in [-0.3, -0.25) is 9.69 Å². The number of amides is 3. The maximum atomic E-state index is 12.5. The van der Waals surface area contributed by atoms with E-state index in [1.165, 1.54) is 29.2 Å². The smallest absolute Gasteiger partial charge is 0.325 e. The van der Waals surface area contributed by atoms with Gasteiger partial charge in [-0.05, 0) is 43.3 Å². The van der Waals surface area contributed by atoms with E-state index in [9.17, 15) is 18.0 Å². The predicted octanol–water partition coefficient (Wildman–Crippen LogP) is 1.52. The second-order valence-electron chi connectivity index (χ2n) is 6.31. The minimum atomic E-state index is -3.78. The molecule has 0 unspecified atom stereocenters. The molecule has 1 heterocycles. The normalized spacial score (nSPS) is 14.5. The molecule has 27 heavy (non-hydrogen) atoms. The van der Waals surface area contributed by atoms with Crippen molar-refractivity contribution in [1.82, 2.24) is 4.90 Å². The molecule has 0 spiro atoms. The highest BCUT2D eigenvalue weighted by Crippen LogP contribution is 2.21. The molecule has 2 aromatic carbocycles. The number of carbonyl (C=O) groups is 2. The van der Waals surface area contributed by atoms with Crippen LogP contribution in [0.25, 0.3) is 0 Å². The number of hydrogen-bond acceptors (Lipinski definition) is 4. The van der Waals surface area contributed by atoms with E-state index in [2.05, 4.69) is 5.32 Å². The van der Waals surface area contributed by atoms with E-state index < -0.39 is 10.0 Å². The van der Waals surface area contributed by atoms with E-state index in [-0.39, 0.29) is 23.4 Å². The summed E-state index contributed by atoms with van der Waals surface area (Å²) >= 11 is 0. The molecule has 8 nitrogen and oxygen atoms in total. The Labute approximate surface area is 157 Å². The average Bonchev–Trinajstić information content (AvgIpc) is 2.96. The van der Waals surface area contributed by atoms with Gasteiger partial charge >= 0.3 is 6.03 Å². The minimum absolute atomic E-state index is 0.0380. The van der Waals surface area contributed by atoms with Gasteiger partial charge in [0.05, 0.1) is 4.90 Å². The number of primary sulfonamides is 1. The number of sulfonamides is 1. The van der Waals surface area contributed by atoms with Gasteiger partial charge in [0.2, 0.25) is 15.9 Å². The molecule has 142 valence electrons. The van der Waals surface area contributed by atoms with Crippen molar-refractivity contribution in [3.8, 4) is 0 Å². The van der Waals surface area contributed by atoms with Gasteiger partial charge in [-0.15, -0.1) is 0 Å². The van der Waals surface area contributed by atoms with Gasteiger partial charge in [-0.25, -0.2) is 18.4 Å². The first-order valence-corrected chi connectivity index (χ1v) is 9.84. The lowest BCUT2D eigenvalue weighted by molar-refractivity contribution is -0.116. The zero-order valence-corrected chi connectivity index (χ0v) is 15.6. The Bertz CT molecular complexity index is 956. The summed E-state index contributed by atoms with van der Waals surface area (Å²) in [6, 6.07) is 12.9. The standard InChI is InChI=1S/C18H20N4O4S/c1-13-2-6-15(7-3-13)22-11-10-21(18(22)24)12-17(23)20-14-4-8-16(9-5-14)27(19,25)26/h2-9H,10-12H2,1H3,(H,20,23)(H2,19,25,26). The monoisotopic (exact) mass is 388 g/mol. The molecule has 1 aliphatic rings. The van der Waals surface area contributed by atoms with Crippen molar-refractivity contribution in [2.75, 3.05) is 29.9 Å². The summed E-state index contributed by atoms with van der Waals surface area (Å²) in [6.07, 6.45) is 0. The van der Waals surface area contributed by atoms with Gasteiger partial charge in [0.1, 0.15) is 6.54 Å². The quantitative estimate of drug-likeness (QED) is 0.808. The Morgan fingerprint density at radius 1 is 1.07 bits per heavy atom. The molecule has 2 aromatic rings. The van der Waals surface area contributed by atoms with Gasteiger partial charge < -0.3 is 10.2 Å². The molecule has 0 aliphatic carbocycles. The predicted molar refractivity (Wildman–Crippen MR) is 102 cm³/mol. The first kappa shape index (κ1) is 18.9. The number of urea groups is 1. The first-order valence-electron chi connectivity index (χ1n) is 8.30. The first-order chi connectivity index (χ1) is 12.7. The lowest BCUT2D eigenvalue weighted by Gasteiger charge is -2.18. The average molecular weight is 388 g/mol. The fourth-order valence-electron chi connectivity index (χ4n) is 2.80. The number of anilines is 2. The fourth-order valence-corrected chi connectivity index (χ4v) is 3.31. The highest BCUT2D eigenvalue weighted by atomic mass is 32.2. The van der Waals surface area contributed by atoms with Crippen LogP contribution in [0.2, 0.25) is 0 Å². The van der Waals surface area contributed by atoms with Crippen LogP contribution in [0.4, 0.5) is 16.2 Å². The molecule has 9 heteroatoms. The molecule has 3 N–H and O–H groups in total. The largest absolute Gasteiger partial charge is 0.325 e. The lowest BCUT2D eigenvalue weighted by atomic mass is 10.2. The van der Waals surface area contributed by atoms with Crippen molar-refractivity contribution in [1.29, 1.82) is 0 Å². The van der Waals surface area contributed by atoms with E-state index in [1.807, 2.05) is 31.2 Å². The molecule has 3 amide bonds. The third-order valence-electron chi connectivity index (χ3n) is 4.24. The molecule has 1 saturated heterocycles. The van der Waals surface area contributed by atoms with Crippen LogP contribution < -0.4 is 15.4 Å². The second kappa shape index (κ2) is 7.37. The highest BCUT2D eigenvalue weighted by Gasteiger charge is 2.30. The third-order valence-corrected chi connectivity index (χ3v) is 5.17. The SMILES string of the molecule is Cc1ccc(N2CCN(CC(=O)Nc3ccc(S(N)(=O)=O)cc3)C2=O)cc1. The number of nitrogens with two attached hydrogens (primary N) is 1. The minimum Gasteiger partial charge on any atom is -0.325 e. The van der Waals surface area contributed by atoms with E-state index in [4.69, 9.17) is 5.14 Å². The summed E-state index contributed by atoms with van der Waals surface area (Å²) in [5, 5.41) is 7.68. The zero-order chi connectivity index (χ0) is 19.6. The summed E-state index contributed by atoms with van der Waals surface area (Å²) in [6.45, 7) is 2.85. The number of rotatable bonds is 5. The molecule has 1 aliphatic heterocycles. The molecule has 3 rings (SSSR count). The molecule has 0 radical (unpaired) electrons. The number of aryl methyl sites for hydroxylation is 1. The van der Waals surface area contributed by atoms with Crippen molar-refractivity contribution >= 4 is 33.3 Å². The summed E-state index contributed by atoms with van der Waals surface area (Å²) in [7, 11) is -3.78. The van der Waals surface area contributed by atoms with Gasteiger partial charge in [0.15, 0.2) is 0 Å². The van der Waals surface area contributed by atoms with Gasteiger partial charge in [0.25, 0.3) is 0 Å². The summed E-state index contributed by atoms with van der Waals surface area (Å²) in [4.78, 5) is 27.8. The second-order valence-corrected chi connectivity index (χ2v) is 7.87. The zero-order valence-electron chi connectivity index (χ0n) is 14.8. The van der Waals surface area contributed by atoms with Crippen LogP contribution in [0.15, 0.2) is 53.4 Å². The Morgan fingerprint density at radius 2 is 1.70 bits per heavy atom. The topological polar surface area (TPSA) is 113 Å². The van der Waals surface area contributed by atoms with Crippen LogP contribution in [0.5, 0.6) is 0 Å². The summed E-state index contributed by atoms with van der Waals surface area (Å²) in [5.41, 5.74) is 2.33. The molecular weight excluding hydrogens is 368 g/mol. The lowest BCUT2D eigenvalue weighted by Crippen LogP contribution is -2.37. The van der Waals surface area contributed by atoms with Crippen LogP contribution in [0, 0.1) is 6.92 Å². The number of hydrogen-bond donors (Lipinski definition) is 2. The maximum Gasteiger partial charge on any atom is 0.325 e. The summed E-state index contributed by atoms with van der Waals surface area (Å²) < 4.78 is 22.5. The van der Waals surface area contributed by atoms with Gasteiger partial charge in [-0.1, -0.05) is 17.7 Å².